The highest BCUT2D eigenvalue weighted by Crippen LogP contribution is 2.18. The Kier molecular flexibility index (Phi) is 5.13. The van der Waals surface area contributed by atoms with Gasteiger partial charge in [0.15, 0.2) is 0 Å². The van der Waals surface area contributed by atoms with Gasteiger partial charge in [0.2, 0.25) is 0 Å². The Hall–Kier alpha value is -0.940. The summed E-state index contributed by atoms with van der Waals surface area (Å²) in [5, 5.41) is 11.4. The molecule has 0 radical (unpaired) electrons. The Bertz CT molecular complexity index is 349. The zero-order chi connectivity index (χ0) is 12.8. The number of aromatic nitrogens is 3. The van der Waals surface area contributed by atoms with Crippen molar-refractivity contribution in [2.45, 2.75) is 39.3 Å². The fourth-order valence-corrected chi connectivity index (χ4v) is 2.64. The number of rotatable bonds is 6. The van der Waals surface area contributed by atoms with Crippen molar-refractivity contribution in [3.8, 4) is 0 Å². The van der Waals surface area contributed by atoms with Crippen LogP contribution in [-0.2, 0) is 13.1 Å². The van der Waals surface area contributed by atoms with E-state index >= 15 is 0 Å². The van der Waals surface area contributed by atoms with Crippen LogP contribution in [0.4, 0.5) is 0 Å². The lowest BCUT2D eigenvalue weighted by molar-refractivity contribution is 0.164. The van der Waals surface area contributed by atoms with E-state index in [-0.39, 0.29) is 0 Å². The van der Waals surface area contributed by atoms with Crippen molar-refractivity contribution in [2.24, 2.45) is 5.92 Å². The highest BCUT2D eigenvalue weighted by atomic mass is 15.4. The standard InChI is InChI=1S/C13H25N5/c1-3-12-5-4-6-17(10-12)7-8-18-11-13(9-14-2)15-16-18/h11-12,14H,3-10H2,1-2H3. The number of piperidine rings is 1. The van der Waals surface area contributed by atoms with Crippen molar-refractivity contribution in [3.63, 3.8) is 0 Å². The maximum atomic E-state index is 4.16. The van der Waals surface area contributed by atoms with E-state index in [2.05, 4.69) is 27.5 Å². The number of hydrogen-bond acceptors (Lipinski definition) is 4. The predicted molar refractivity (Wildman–Crippen MR) is 72.2 cm³/mol. The molecule has 18 heavy (non-hydrogen) atoms. The smallest absolute Gasteiger partial charge is 0.0964 e. The molecule has 1 unspecified atom stereocenters. The minimum Gasteiger partial charge on any atom is -0.314 e. The molecule has 0 aliphatic carbocycles. The third-order valence-corrected chi connectivity index (χ3v) is 3.77. The van der Waals surface area contributed by atoms with Crippen molar-refractivity contribution in [2.75, 3.05) is 26.7 Å². The first-order valence-corrected chi connectivity index (χ1v) is 7.07. The van der Waals surface area contributed by atoms with Crippen molar-refractivity contribution < 1.29 is 0 Å². The van der Waals surface area contributed by atoms with Crippen molar-refractivity contribution in [3.05, 3.63) is 11.9 Å². The summed E-state index contributed by atoms with van der Waals surface area (Å²) < 4.78 is 1.96. The van der Waals surface area contributed by atoms with Crippen LogP contribution in [0.5, 0.6) is 0 Å². The average molecular weight is 251 g/mol. The molecule has 0 bridgehead atoms. The molecule has 1 aromatic rings. The predicted octanol–water partition coefficient (Wildman–Crippen LogP) is 1.12. The number of nitrogens with zero attached hydrogens (tertiary/aromatic N) is 4. The lowest BCUT2D eigenvalue weighted by atomic mass is 9.96. The highest BCUT2D eigenvalue weighted by Gasteiger charge is 2.17. The normalized spacial score (nSPS) is 21.3. The number of nitrogens with one attached hydrogen (secondary N) is 1. The molecular weight excluding hydrogens is 226 g/mol. The van der Waals surface area contributed by atoms with Crippen LogP contribution in [0.1, 0.15) is 31.9 Å². The van der Waals surface area contributed by atoms with Gasteiger partial charge >= 0.3 is 0 Å². The van der Waals surface area contributed by atoms with Crippen LogP contribution in [0.15, 0.2) is 6.20 Å². The summed E-state index contributed by atoms with van der Waals surface area (Å²) in [6.45, 7) is 7.65. The zero-order valence-electron chi connectivity index (χ0n) is 11.6. The van der Waals surface area contributed by atoms with Gasteiger partial charge in [0.1, 0.15) is 0 Å². The van der Waals surface area contributed by atoms with E-state index in [0.29, 0.717) is 0 Å². The fraction of sp³-hybridized carbons (Fsp3) is 0.846. The minimum atomic E-state index is 0.793. The van der Waals surface area contributed by atoms with E-state index < -0.39 is 0 Å². The maximum absolute atomic E-state index is 4.16. The van der Waals surface area contributed by atoms with Gasteiger partial charge in [0.05, 0.1) is 12.2 Å². The van der Waals surface area contributed by atoms with Crippen molar-refractivity contribution in [1.29, 1.82) is 0 Å². The highest BCUT2D eigenvalue weighted by molar-refractivity contribution is 4.91. The quantitative estimate of drug-likeness (QED) is 0.823. The Labute approximate surface area is 110 Å². The summed E-state index contributed by atoms with van der Waals surface area (Å²) in [5.41, 5.74) is 1.02. The lowest BCUT2D eigenvalue weighted by Crippen LogP contribution is -2.37. The van der Waals surface area contributed by atoms with E-state index in [1.807, 2.05) is 17.9 Å². The fourth-order valence-electron chi connectivity index (χ4n) is 2.64. The summed E-state index contributed by atoms with van der Waals surface area (Å²) in [6.07, 6.45) is 6.10. The first-order chi connectivity index (χ1) is 8.81. The van der Waals surface area contributed by atoms with Gasteiger partial charge in [-0.05, 0) is 32.4 Å². The molecule has 0 amide bonds. The SMILES string of the molecule is CCC1CCCN(CCn2cc(CNC)nn2)C1. The van der Waals surface area contributed by atoms with Gasteiger partial charge in [-0.15, -0.1) is 5.10 Å². The van der Waals surface area contributed by atoms with Crippen molar-refractivity contribution in [1.82, 2.24) is 25.2 Å². The topological polar surface area (TPSA) is 46.0 Å². The van der Waals surface area contributed by atoms with E-state index in [0.717, 1.165) is 31.2 Å². The van der Waals surface area contributed by atoms with Crippen molar-refractivity contribution >= 4 is 0 Å². The molecule has 1 aromatic heterocycles. The molecule has 1 aliphatic rings. The minimum absolute atomic E-state index is 0.793. The summed E-state index contributed by atoms with van der Waals surface area (Å²) in [6, 6.07) is 0. The molecule has 0 spiro atoms. The molecular formula is C13H25N5. The number of hydrogen-bond donors (Lipinski definition) is 1. The van der Waals surface area contributed by atoms with E-state index in [1.165, 1.54) is 32.4 Å². The maximum Gasteiger partial charge on any atom is 0.0964 e. The average Bonchev–Trinajstić information content (AvgIpc) is 2.85. The van der Waals surface area contributed by atoms with Crippen LogP contribution >= 0.6 is 0 Å². The van der Waals surface area contributed by atoms with Gasteiger partial charge in [-0.1, -0.05) is 18.6 Å². The van der Waals surface area contributed by atoms with E-state index in [1.54, 1.807) is 0 Å². The molecule has 0 aromatic carbocycles. The summed E-state index contributed by atoms with van der Waals surface area (Å²) in [7, 11) is 1.93. The van der Waals surface area contributed by atoms with E-state index in [9.17, 15) is 0 Å². The Morgan fingerprint density at radius 3 is 3.11 bits per heavy atom. The van der Waals surface area contributed by atoms with Crippen LogP contribution in [0, 0.1) is 5.92 Å². The first-order valence-electron chi connectivity index (χ1n) is 7.07. The monoisotopic (exact) mass is 251 g/mol. The summed E-state index contributed by atoms with van der Waals surface area (Å²) in [5.74, 6) is 0.898. The third-order valence-electron chi connectivity index (χ3n) is 3.77. The van der Waals surface area contributed by atoms with Crippen LogP contribution in [-0.4, -0.2) is 46.6 Å². The van der Waals surface area contributed by atoms with Crippen LogP contribution in [0.25, 0.3) is 0 Å². The first kappa shape index (κ1) is 13.5. The van der Waals surface area contributed by atoms with Gasteiger partial charge < -0.3 is 10.2 Å². The molecule has 1 N–H and O–H groups in total. The number of likely N-dealkylation sites (tertiary alicyclic amines) is 1. The molecule has 5 heteroatoms. The van der Waals surface area contributed by atoms with Gasteiger partial charge in [-0.2, -0.15) is 0 Å². The second-order valence-electron chi connectivity index (χ2n) is 5.22. The molecule has 2 heterocycles. The van der Waals surface area contributed by atoms with Gasteiger partial charge in [0, 0.05) is 25.8 Å². The van der Waals surface area contributed by atoms with Gasteiger partial charge in [0.25, 0.3) is 0 Å². The molecule has 1 atom stereocenters. The van der Waals surface area contributed by atoms with E-state index in [4.69, 9.17) is 0 Å². The Balaban J connectivity index is 1.76. The molecule has 5 nitrogen and oxygen atoms in total. The van der Waals surface area contributed by atoms with Crippen LogP contribution in [0.2, 0.25) is 0 Å². The molecule has 1 saturated heterocycles. The van der Waals surface area contributed by atoms with Gasteiger partial charge in [-0.3, -0.25) is 4.68 Å². The van der Waals surface area contributed by atoms with Crippen LogP contribution in [0.3, 0.4) is 0 Å². The second-order valence-corrected chi connectivity index (χ2v) is 5.22. The Morgan fingerprint density at radius 2 is 2.33 bits per heavy atom. The second kappa shape index (κ2) is 6.85. The zero-order valence-corrected chi connectivity index (χ0v) is 11.6. The largest absolute Gasteiger partial charge is 0.314 e. The Morgan fingerprint density at radius 1 is 1.44 bits per heavy atom. The third kappa shape index (κ3) is 3.78. The molecule has 2 rings (SSSR count). The molecule has 0 saturated carbocycles. The van der Waals surface area contributed by atoms with Gasteiger partial charge in [-0.25, -0.2) is 0 Å². The lowest BCUT2D eigenvalue weighted by Gasteiger charge is -2.32. The summed E-state index contributed by atoms with van der Waals surface area (Å²) >= 11 is 0. The summed E-state index contributed by atoms with van der Waals surface area (Å²) in [4.78, 5) is 2.57. The molecule has 1 fully saturated rings. The molecule has 1 aliphatic heterocycles. The molecule has 102 valence electrons. The van der Waals surface area contributed by atoms with Crippen LogP contribution < -0.4 is 5.32 Å².